The molecule has 7 heteroatoms. The number of anilines is 1. The fourth-order valence-electron chi connectivity index (χ4n) is 3.39. The number of benzene rings is 1. The van der Waals surface area contributed by atoms with E-state index in [2.05, 4.69) is 21.0 Å². The second kappa shape index (κ2) is 6.37. The van der Waals surface area contributed by atoms with Crippen LogP contribution in [0.15, 0.2) is 65.0 Å². The van der Waals surface area contributed by atoms with E-state index in [1.165, 1.54) is 0 Å². The molecule has 5 rings (SSSR count). The predicted octanol–water partition coefficient (Wildman–Crippen LogP) is 4.74. The number of H-pyrrole nitrogens is 1. The zero-order chi connectivity index (χ0) is 19.1. The summed E-state index contributed by atoms with van der Waals surface area (Å²) in [6.45, 7) is 0. The summed E-state index contributed by atoms with van der Waals surface area (Å²) in [5.41, 5.74) is 9.42. The normalized spacial score (nSPS) is 11.0. The van der Waals surface area contributed by atoms with Crippen molar-refractivity contribution in [2.75, 3.05) is 5.73 Å². The van der Waals surface area contributed by atoms with E-state index < -0.39 is 0 Å². The minimum absolute atomic E-state index is 0.194. The Balaban J connectivity index is 1.96. The van der Waals surface area contributed by atoms with Gasteiger partial charge in [-0.1, -0.05) is 6.07 Å². The Morgan fingerprint density at radius 2 is 2.11 bits per heavy atom. The van der Waals surface area contributed by atoms with Crippen LogP contribution < -0.4 is 5.73 Å². The van der Waals surface area contributed by atoms with Gasteiger partial charge in [0.15, 0.2) is 0 Å². The second-order valence-electron chi connectivity index (χ2n) is 6.19. The van der Waals surface area contributed by atoms with Crippen molar-refractivity contribution in [3.05, 3.63) is 76.0 Å². The van der Waals surface area contributed by atoms with Crippen molar-refractivity contribution in [1.82, 2.24) is 15.0 Å². The van der Waals surface area contributed by atoms with Crippen LogP contribution in [0.3, 0.4) is 0 Å². The molecule has 2 aliphatic heterocycles. The fourth-order valence-corrected chi connectivity index (χ4v) is 4.09. The monoisotopic (exact) mass is 383 g/mol. The summed E-state index contributed by atoms with van der Waals surface area (Å²) in [7, 11) is 0. The highest BCUT2D eigenvalue weighted by molar-refractivity contribution is 7.07. The minimum atomic E-state index is 0.194. The molecule has 3 aromatic rings. The van der Waals surface area contributed by atoms with Crippen molar-refractivity contribution in [2.45, 2.75) is 0 Å². The van der Waals surface area contributed by atoms with Crippen LogP contribution in [0.4, 0.5) is 5.82 Å². The first-order valence-electron chi connectivity index (χ1n) is 8.50. The van der Waals surface area contributed by atoms with Crippen molar-refractivity contribution < 1.29 is 4.42 Å². The lowest BCUT2D eigenvalue weighted by Gasteiger charge is -2.11. The number of aromatic amines is 1. The molecule has 0 aliphatic carbocycles. The Hall–Kier alpha value is -3.89. The molecular formula is C21H13N5OS. The molecule has 134 valence electrons. The third-order valence-electron chi connectivity index (χ3n) is 4.62. The summed E-state index contributed by atoms with van der Waals surface area (Å²) < 4.78 is 6.84. The molecule has 0 atom stereocenters. The van der Waals surface area contributed by atoms with Gasteiger partial charge in [0.25, 0.3) is 0 Å². The Bertz CT molecular complexity index is 1500. The van der Waals surface area contributed by atoms with E-state index in [-0.39, 0.29) is 5.82 Å². The molecule has 0 unspecified atom stereocenters. The van der Waals surface area contributed by atoms with Crippen LogP contribution in [-0.2, 0) is 0 Å². The maximum absolute atomic E-state index is 9.74. The first-order valence-corrected chi connectivity index (χ1v) is 9.38. The van der Waals surface area contributed by atoms with Crippen molar-refractivity contribution in [1.29, 1.82) is 5.26 Å². The molecule has 1 aromatic carbocycles. The third kappa shape index (κ3) is 2.47. The SMILES string of the molecule is N#Cc1c(N)nc2cnccc2c1-c1ccc2occc3scc[nH]c=3c2c1. The molecule has 0 saturated carbocycles. The Labute approximate surface area is 162 Å². The number of nitrogen functional groups attached to an aromatic ring is 1. The number of hydrogen-bond donors (Lipinski definition) is 2. The van der Waals surface area contributed by atoms with Crippen LogP contribution in [0, 0.1) is 21.2 Å². The van der Waals surface area contributed by atoms with Crippen LogP contribution in [-0.4, -0.2) is 15.0 Å². The number of pyridine rings is 2. The largest absolute Gasteiger partial charge is 0.464 e. The lowest BCUT2D eigenvalue weighted by Crippen LogP contribution is -1.99. The molecule has 6 nitrogen and oxygen atoms in total. The molecule has 0 spiro atoms. The van der Waals surface area contributed by atoms with E-state index in [0.717, 1.165) is 37.4 Å². The topological polar surface area (TPSA) is 105 Å². The second-order valence-corrected chi connectivity index (χ2v) is 7.14. The van der Waals surface area contributed by atoms with E-state index in [4.69, 9.17) is 10.2 Å². The number of rotatable bonds is 1. The zero-order valence-electron chi connectivity index (χ0n) is 14.5. The molecule has 3 N–H and O–H groups in total. The molecule has 0 fully saturated rings. The van der Waals surface area contributed by atoms with Crippen LogP contribution in [0.1, 0.15) is 5.56 Å². The number of nitrogens with one attached hydrogen (secondary N) is 1. The maximum atomic E-state index is 9.74. The van der Waals surface area contributed by atoms with Gasteiger partial charge in [-0.15, -0.1) is 11.3 Å². The van der Waals surface area contributed by atoms with Gasteiger partial charge in [0.05, 0.1) is 27.9 Å². The lowest BCUT2D eigenvalue weighted by atomic mass is 9.96. The molecule has 0 amide bonds. The van der Waals surface area contributed by atoms with Crippen LogP contribution in [0.5, 0.6) is 0 Å². The molecule has 0 radical (unpaired) electrons. The number of nitrogens with two attached hydrogens (primary N) is 1. The zero-order valence-corrected chi connectivity index (χ0v) is 15.3. The van der Waals surface area contributed by atoms with E-state index in [9.17, 15) is 5.26 Å². The number of aromatic nitrogens is 3. The number of fused-ring (bicyclic) bond motifs is 3. The first-order chi connectivity index (χ1) is 13.8. The quantitative estimate of drug-likeness (QED) is 0.435. The van der Waals surface area contributed by atoms with Gasteiger partial charge < -0.3 is 15.1 Å². The molecule has 0 bridgehead atoms. The fraction of sp³-hybridized carbons (Fsp3) is 0. The van der Waals surface area contributed by atoms with Crippen LogP contribution in [0.2, 0.25) is 0 Å². The Morgan fingerprint density at radius 3 is 3.00 bits per heavy atom. The van der Waals surface area contributed by atoms with Gasteiger partial charge in [-0.25, -0.2) is 4.98 Å². The van der Waals surface area contributed by atoms with E-state index in [1.54, 1.807) is 30.0 Å². The third-order valence-corrected chi connectivity index (χ3v) is 5.48. The highest BCUT2D eigenvalue weighted by Crippen LogP contribution is 2.35. The number of nitrogens with zero attached hydrogens (tertiary/aromatic N) is 3. The maximum Gasteiger partial charge on any atom is 0.142 e. The van der Waals surface area contributed by atoms with E-state index in [1.807, 2.05) is 41.9 Å². The average molecular weight is 383 g/mol. The van der Waals surface area contributed by atoms with Gasteiger partial charge in [0, 0.05) is 34.1 Å². The summed E-state index contributed by atoms with van der Waals surface area (Å²) in [4.78, 5) is 11.8. The molecule has 4 heterocycles. The number of hydrogen-bond acceptors (Lipinski definition) is 6. The van der Waals surface area contributed by atoms with Crippen LogP contribution >= 0.6 is 11.3 Å². The molecule has 28 heavy (non-hydrogen) atoms. The summed E-state index contributed by atoms with van der Waals surface area (Å²) in [5.74, 6) is 0.194. The molecule has 2 aromatic heterocycles. The highest BCUT2D eigenvalue weighted by atomic mass is 32.1. The summed E-state index contributed by atoms with van der Waals surface area (Å²) in [6, 6.07) is 11.8. The smallest absolute Gasteiger partial charge is 0.142 e. The minimum Gasteiger partial charge on any atom is -0.464 e. The van der Waals surface area contributed by atoms with Gasteiger partial charge >= 0.3 is 0 Å². The van der Waals surface area contributed by atoms with Gasteiger partial charge in [-0.2, -0.15) is 5.26 Å². The predicted molar refractivity (Wildman–Crippen MR) is 109 cm³/mol. The Morgan fingerprint density at radius 1 is 1.18 bits per heavy atom. The molecular weight excluding hydrogens is 370 g/mol. The summed E-state index contributed by atoms with van der Waals surface area (Å²) in [6.07, 6.45) is 6.91. The van der Waals surface area contributed by atoms with Gasteiger partial charge in [-0.05, 0) is 29.8 Å². The van der Waals surface area contributed by atoms with E-state index >= 15 is 0 Å². The van der Waals surface area contributed by atoms with Crippen molar-refractivity contribution in [2.24, 2.45) is 0 Å². The van der Waals surface area contributed by atoms with Crippen molar-refractivity contribution in [3.8, 4) is 17.2 Å². The Kier molecular flexibility index (Phi) is 3.71. The van der Waals surface area contributed by atoms with Gasteiger partial charge in [0.1, 0.15) is 23.0 Å². The average Bonchev–Trinajstić information content (AvgIpc) is 2.91. The van der Waals surface area contributed by atoms with E-state index in [0.29, 0.717) is 11.1 Å². The van der Waals surface area contributed by atoms with Crippen molar-refractivity contribution >= 4 is 39.0 Å². The first kappa shape index (κ1) is 16.3. The standard InChI is InChI=1S/C21H13N5OS/c22-10-15-19(13-3-5-24-11-16(13)26-21(15)23)12-1-2-17-14(9-12)20-18(4-7-27-17)28-8-6-25-20/h1-9,11,25H,(H2,23,26). The summed E-state index contributed by atoms with van der Waals surface area (Å²) in [5, 5.41) is 14.4. The molecule has 0 saturated heterocycles. The lowest BCUT2D eigenvalue weighted by molar-refractivity contribution is 0.607. The highest BCUT2D eigenvalue weighted by Gasteiger charge is 2.16. The summed E-state index contributed by atoms with van der Waals surface area (Å²) >= 11 is 1.62. The van der Waals surface area contributed by atoms with Crippen LogP contribution in [0.25, 0.3) is 33.0 Å². The molecule has 2 aliphatic rings. The number of nitriles is 1. The van der Waals surface area contributed by atoms with Crippen molar-refractivity contribution in [3.63, 3.8) is 0 Å². The van der Waals surface area contributed by atoms with Gasteiger partial charge in [-0.3, -0.25) is 4.98 Å². The van der Waals surface area contributed by atoms with Gasteiger partial charge in [0.2, 0.25) is 0 Å².